The van der Waals surface area contributed by atoms with E-state index in [9.17, 15) is 9.90 Å². The summed E-state index contributed by atoms with van der Waals surface area (Å²) >= 11 is 0. The van der Waals surface area contributed by atoms with Gasteiger partial charge in [-0.25, -0.2) is 0 Å². The Morgan fingerprint density at radius 2 is 2.22 bits per heavy atom. The van der Waals surface area contributed by atoms with E-state index < -0.39 is 0 Å². The van der Waals surface area contributed by atoms with Gasteiger partial charge in [0.25, 0.3) is 0 Å². The van der Waals surface area contributed by atoms with E-state index in [4.69, 9.17) is 5.26 Å². The first-order valence-corrected chi connectivity index (χ1v) is 9.09. The molecule has 4 aliphatic rings. The van der Waals surface area contributed by atoms with Crippen LogP contribution in [0.4, 0.5) is 0 Å². The van der Waals surface area contributed by atoms with Crippen LogP contribution in [-0.4, -0.2) is 46.2 Å². The topological polar surface area (TPSA) is 76.4 Å². The fraction of sp³-hybridized carbons (Fsp3) is 0.889. The Kier molecular flexibility index (Phi) is 3.48. The van der Waals surface area contributed by atoms with Gasteiger partial charge >= 0.3 is 0 Å². The highest BCUT2D eigenvalue weighted by Crippen LogP contribution is 2.62. The molecule has 4 rings (SSSR count). The third-order valence-corrected chi connectivity index (χ3v) is 6.94. The molecule has 0 aromatic carbocycles. The molecule has 1 amide bonds. The fourth-order valence-electron chi connectivity index (χ4n) is 6.02. The molecule has 5 heteroatoms. The lowest BCUT2D eigenvalue weighted by Gasteiger charge is -2.51. The highest BCUT2D eigenvalue weighted by atomic mass is 16.3. The molecule has 1 aliphatic heterocycles. The van der Waals surface area contributed by atoms with Crippen molar-refractivity contribution in [2.45, 2.75) is 69.1 Å². The summed E-state index contributed by atoms with van der Waals surface area (Å²) in [5, 5.41) is 23.2. The predicted octanol–water partition coefficient (Wildman–Crippen LogP) is 1.42. The van der Waals surface area contributed by atoms with Crippen molar-refractivity contribution in [3.8, 4) is 6.07 Å². The minimum absolute atomic E-state index is 0.0106. The third-order valence-electron chi connectivity index (χ3n) is 6.94. The lowest BCUT2D eigenvalue weighted by atomic mass is 9.59. The van der Waals surface area contributed by atoms with Gasteiger partial charge in [0, 0.05) is 12.1 Å². The van der Waals surface area contributed by atoms with Crippen LogP contribution >= 0.6 is 0 Å². The molecule has 23 heavy (non-hydrogen) atoms. The van der Waals surface area contributed by atoms with Crippen molar-refractivity contribution < 1.29 is 9.90 Å². The smallest absolute Gasteiger partial charge is 0.237 e. The summed E-state index contributed by atoms with van der Waals surface area (Å²) < 4.78 is 0. The second-order valence-electron chi connectivity index (χ2n) is 8.68. The van der Waals surface area contributed by atoms with Gasteiger partial charge in [-0.2, -0.15) is 5.26 Å². The minimum atomic E-state index is -0.359. The molecule has 0 aromatic heterocycles. The average Bonchev–Trinajstić information content (AvgIpc) is 3.02. The van der Waals surface area contributed by atoms with E-state index in [1.165, 1.54) is 0 Å². The molecule has 3 aliphatic carbocycles. The summed E-state index contributed by atoms with van der Waals surface area (Å²) in [7, 11) is 0. The quantitative estimate of drug-likeness (QED) is 0.825. The van der Waals surface area contributed by atoms with Gasteiger partial charge in [0.1, 0.15) is 6.04 Å². The van der Waals surface area contributed by atoms with Crippen LogP contribution in [-0.2, 0) is 4.79 Å². The molecule has 1 heterocycles. The summed E-state index contributed by atoms with van der Waals surface area (Å²) in [4.78, 5) is 14.2. The van der Waals surface area contributed by atoms with Crippen molar-refractivity contribution in [2.24, 2.45) is 17.8 Å². The molecule has 126 valence electrons. The van der Waals surface area contributed by atoms with Gasteiger partial charge in [0.05, 0.1) is 18.2 Å². The summed E-state index contributed by atoms with van der Waals surface area (Å²) in [6.07, 6.45) is 6.91. The van der Waals surface area contributed by atoms with Crippen molar-refractivity contribution >= 4 is 5.91 Å². The molecule has 0 radical (unpaired) electrons. The lowest BCUT2D eigenvalue weighted by molar-refractivity contribution is -0.134. The van der Waals surface area contributed by atoms with Gasteiger partial charge < -0.3 is 15.3 Å². The van der Waals surface area contributed by atoms with Crippen LogP contribution in [0.2, 0.25) is 0 Å². The van der Waals surface area contributed by atoms with E-state index in [-0.39, 0.29) is 23.1 Å². The Morgan fingerprint density at radius 1 is 1.39 bits per heavy atom. The van der Waals surface area contributed by atoms with Gasteiger partial charge in [-0.15, -0.1) is 0 Å². The molecule has 2 bridgehead atoms. The number of fused-ring (bicyclic) bond motifs is 1. The van der Waals surface area contributed by atoms with Crippen LogP contribution in [0.1, 0.15) is 51.9 Å². The second-order valence-corrected chi connectivity index (χ2v) is 8.68. The van der Waals surface area contributed by atoms with E-state index >= 15 is 0 Å². The standard InChI is InChI=1S/C18H27N3O2/c1-17(20-11-16(22)21-4-2-3-14(21)10-19)6-12-5-15-13(8-17)9-18(15,23)7-12/h12-15,20,23H,2-9,11H2,1H3. The third kappa shape index (κ3) is 2.47. The van der Waals surface area contributed by atoms with Crippen molar-refractivity contribution in [3.63, 3.8) is 0 Å². The SMILES string of the molecule is CC1(NCC(=O)N2CCCC2C#N)CC2CC3C(C1)CC3(O)C2. The number of likely N-dealkylation sites (tertiary alicyclic amines) is 1. The highest BCUT2D eigenvalue weighted by Gasteiger charge is 2.61. The number of nitriles is 1. The zero-order chi connectivity index (χ0) is 16.2. The molecule has 1 saturated heterocycles. The van der Waals surface area contributed by atoms with Crippen LogP contribution in [0, 0.1) is 29.1 Å². The first-order valence-electron chi connectivity index (χ1n) is 9.09. The number of nitrogens with zero attached hydrogens (tertiary/aromatic N) is 2. The maximum Gasteiger partial charge on any atom is 0.237 e. The van der Waals surface area contributed by atoms with Crippen LogP contribution < -0.4 is 5.32 Å². The maximum absolute atomic E-state index is 12.5. The largest absolute Gasteiger partial charge is 0.390 e. The number of hydrogen-bond acceptors (Lipinski definition) is 4. The number of amides is 1. The Morgan fingerprint density at radius 3 is 3.00 bits per heavy atom. The molecule has 4 fully saturated rings. The minimum Gasteiger partial charge on any atom is -0.390 e. The molecular formula is C18H27N3O2. The molecule has 0 aromatic rings. The Balaban J connectivity index is 1.37. The van der Waals surface area contributed by atoms with E-state index in [1.807, 2.05) is 0 Å². The lowest BCUT2D eigenvalue weighted by Crippen LogP contribution is -2.57. The van der Waals surface area contributed by atoms with Crippen molar-refractivity contribution in [2.75, 3.05) is 13.1 Å². The molecule has 5 nitrogen and oxygen atoms in total. The summed E-state index contributed by atoms with van der Waals surface area (Å²) in [5.74, 6) is 1.76. The Bertz CT molecular complexity index is 553. The Hall–Kier alpha value is -1.12. The predicted molar refractivity (Wildman–Crippen MR) is 85.3 cm³/mol. The van der Waals surface area contributed by atoms with Crippen molar-refractivity contribution in [1.29, 1.82) is 5.26 Å². The zero-order valence-corrected chi connectivity index (χ0v) is 13.9. The fourth-order valence-corrected chi connectivity index (χ4v) is 6.02. The van der Waals surface area contributed by atoms with Gasteiger partial charge in [0.2, 0.25) is 5.91 Å². The highest BCUT2D eigenvalue weighted by molar-refractivity contribution is 5.79. The number of carbonyl (C=O) groups is 1. The number of rotatable bonds is 3. The van der Waals surface area contributed by atoms with Crippen LogP contribution in [0.25, 0.3) is 0 Å². The number of aliphatic hydroxyl groups is 1. The van der Waals surface area contributed by atoms with E-state index in [2.05, 4.69) is 18.3 Å². The van der Waals surface area contributed by atoms with Crippen molar-refractivity contribution in [3.05, 3.63) is 0 Å². The summed E-state index contributed by atoms with van der Waals surface area (Å²) in [6.45, 7) is 3.29. The summed E-state index contributed by atoms with van der Waals surface area (Å²) in [6, 6.07) is 2.01. The molecule has 3 saturated carbocycles. The molecular weight excluding hydrogens is 290 g/mol. The normalized spacial score (nSPS) is 47.8. The van der Waals surface area contributed by atoms with Crippen LogP contribution in [0.15, 0.2) is 0 Å². The zero-order valence-electron chi connectivity index (χ0n) is 13.9. The first kappa shape index (κ1) is 15.4. The number of carbonyl (C=O) groups excluding carboxylic acids is 1. The number of nitrogens with one attached hydrogen (secondary N) is 1. The van der Waals surface area contributed by atoms with Crippen LogP contribution in [0.3, 0.4) is 0 Å². The summed E-state index contributed by atoms with van der Waals surface area (Å²) in [5.41, 5.74) is -0.370. The van der Waals surface area contributed by atoms with E-state index in [0.717, 1.165) is 51.5 Å². The molecule has 0 spiro atoms. The molecule has 2 N–H and O–H groups in total. The van der Waals surface area contributed by atoms with Gasteiger partial charge in [-0.05, 0) is 69.6 Å². The van der Waals surface area contributed by atoms with E-state index in [1.54, 1.807) is 4.90 Å². The van der Waals surface area contributed by atoms with Crippen LogP contribution in [0.5, 0.6) is 0 Å². The second kappa shape index (κ2) is 5.19. The Labute approximate surface area is 138 Å². The van der Waals surface area contributed by atoms with Gasteiger partial charge in [0.15, 0.2) is 0 Å². The monoisotopic (exact) mass is 317 g/mol. The van der Waals surface area contributed by atoms with Gasteiger partial charge in [-0.3, -0.25) is 4.79 Å². The molecule has 6 unspecified atom stereocenters. The van der Waals surface area contributed by atoms with Crippen molar-refractivity contribution in [1.82, 2.24) is 10.2 Å². The molecule has 6 atom stereocenters. The number of hydrogen-bond donors (Lipinski definition) is 2. The maximum atomic E-state index is 12.5. The van der Waals surface area contributed by atoms with Gasteiger partial charge in [-0.1, -0.05) is 0 Å². The first-order chi connectivity index (χ1) is 10.9. The average molecular weight is 317 g/mol. The van der Waals surface area contributed by atoms with E-state index in [0.29, 0.717) is 24.3 Å².